The summed E-state index contributed by atoms with van der Waals surface area (Å²) in [5.74, 6) is 1.79. The zero-order valence-corrected chi connectivity index (χ0v) is 12.7. The van der Waals surface area contributed by atoms with E-state index in [1.165, 1.54) is 5.56 Å². The van der Waals surface area contributed by atoms with Gasteiger partial charge in [0.1, 0.15) is 11.5 Å². The third-order valence-electron chi connectivity index (χ3n) is 3.34. The number of hydrogen-bond donors (Lipinski definition) is 1. The number of nitrogens with zero attached hydrogens (tertiary/aromatic N) is 4. The van der Waals surface area contributed by atoms with Crippen molar-refractivity contribution in [3.05, 3.63) is 35.0 Å². The van der Waals surface area contributed by atoms with Crippen LogP contribution in [0.1, 0.15) is 35.6 Å². The van der Waals surface area contributed by atoms with Gasteiger partial charge in [-0.2, -0.15) is 0 Å². The van der Waals surface area contributed by atoms with Crippen molar-refractivity contribution in [1.82, 2.24) is 25.3 Å². The molecule has 1 unspecified atom stereocenters. The molecule has 0 saturated carbocycles. The van der Waals surface area contributed by atoms with E-state index in [2.05, 4.69) is 32.2 Å². The van der Waals surface area contributed by atoms with Crippen LogP contribution in [0.25, 0.3) is 11.5 Å². The molecule has 0 bridgehead atoms. The van der Waals surface area contributed by atoms with Crippen molar-refractivity contribution >= 4 is 0 Å². The molecule has 0 amide bonds. The van der Waals surface area contributed by atoms with Gasteiger partial charge in [0.25, 0.3) is 0 Å². The highest BCUT2D eigenvalue weighted by atomic mass is 15.0. The van der Waals surface area contributed by atoms with Crippen LogP contribution in [0, 0.1) is 20.8 Å². The van der Waals surface area contributed by atoms with Gasteiger partial charge in [-0.3, -0.25) is 0 Å². The molecule has 1 atom stereocenters. The summed E-state index contributed by atoms with van der Waals surface area (Å²) >= 11 is 0. The van der Waals surface area contributed by atoms with Crippen molar-refractivity contribution in [2.75, 3.05) is 13.6 Å². The molecule has 106 valence electrons. The molecule has 0 aliphatic heterocycles. The molecule has 0 radical (unpaired) electrons. The van der Waals surface area contributed by atoms with Gasteiger partial charge in [-0.15, -0.1) is 0 Å². The van der Waals surface area contributed by atoms with E-state index in [1.54, 1.807) is 6.20 Å². The minimum Gasteiger partial charge on any atom is -0.319 e. The van der Waals surface area contributed by atoms with Crippen LogP contribution in [-0.4, -0.2) is 33.5 Å². The highest BCUT2D eigenvalue weighted by Gasteiger charge is 2.15. The number of hydrogen-bond acceptors (Lipinski definition) is 5. The van der Waals surface area contributed by atoms with E-state index in [0.29, 0.717) is 11.7 Å². The lowest BCUT2D eigenvalue weighted by molar-refractivity contribution is 0.662. The van der Waals surface area contributed by atoms with E-state index in [-0.39, 0.29) is 0 Å². The first-order chi connectivity index (χ1) is 9.52. The fourth-order valence-electron chi connectivity index (χ4n) is 2.54. The van der Waals surface area contributed by atoms with Gasteiger partial charge in [0.05, 0.1) is 0 Å². The second-order valence-electron chi connectivity index (χ2n) is 5.08. The van der Waals surface area contributed by atoms with Crippen LogP contribution in [0.15, 0.2) is 12.3 Å². The third-order valence-corrected chi connectivity index (χ3v) is 3.34. The van der Waals surface area contributed by atoms with Crippen LogP contribution >= 0.6 is 0 Å². The van der Waals surface area contributed by atoms with E-state index < -0.39 is 0 Å². The topological polar surface area (TPSA) is 63.6 Å². The minimum absolute atomic E-state index is 0.390. The van der Waals surface area contributed by atoms with Crippen LogP contribution in [0.5, 0.6) is 0 Å². The maximum Gasteiger partial charge on any atom is 0.178 e. The summed E-state index contributed by atoms with van der Waals surface area (Å²) in [5, 5.41) is 3.20. The van der Waals surface area contributed by atoms with Gasteiger partial charge >= 0.3 is 0 Å². The molecule has 2 rings (SSSR count). The first-order valence-electron chi connectivity index (χ1n) is 6.82. The highest BCUT2D eigenvalue weighted by Crippen LogP contribution is 2.23. The van der Waals surface area contributed by atoms with Crippen LogP contribution in [0.2, 0.25) is 0 Å². The predicted molar refractivity (Wildman–Crippen MR) is 79.6 cm³/mol. The second-order valence-corrected chi connectivity index (χ2v) is 5.08. The van der Waals surface area contributed by atoms with E-state index in [1.807, 2.05) is 33.9 Å². The quantitative estimate of drug-likeness (QED) is 0.923. The average Bonchev–Trinajstić information content (AvgIpc) is 2.38. The molecular formula is C15H21N5. The molecule has 0 aliphatic carbocycles. The van der Waals surface area contributed by atoms with Crippen molar-refractivity contribution in [2.24, 2.45) is 0 Å². The summed E-state index contributed by atoms with van der Waals surface area (Å²) in [6.07, 6.45) is 1.74. The zero-order valence-electron chi connectivity index (χ0n) is 12.7. The van der Waals surface area contributed by atoms with E-state index in [9.17, 15) is 0 Å². The van der Waals surface area contributed by atoms with E-state index >= 15 is 0 Å². The molecule has 20 heavy (non-hydrogen) atoms. The van der Waals surface area contributed by atoms with Gasteiger partial charge < -0.3 is 5.32 Å². The fraction of sp³-hybridized carbons (Fsp3) is 0.467. The number of aromatic nitrogens is 4. The van der Waals surface area contributed by atoms with Crippen molar-refractivity contribution in [1.29, 1.82) is 0 Å². The van der Waals surface area contributed by atoms with Crippen LogP contribution in [-0.2, 0) is 0 Å². The maximum absolute atomic E-state index is 4.62. The largest absolute Gasteiger partial charge is 0.319 e. The number of nitrogens with one attached hydrogen (secondary N) is 1. The first kappa shape index (κ1) is 14.5. The molecule has 5 heteroatoms. The SMILES string of the molecule is CNCC(C)c1c(C)nc(-c2ccnc(C)n2)nc1C. The molecule has 0 fully saturated rings. The lowest BCUT2D eigenvalue weighted by Crippen LogP contribution is -2.18. The number of aryl methyl sites for hydroxylation is 3. The van der Waals surface area contributed by atoms with Crippen molar-refractivity contribution in [3.63, 3.8) is 0 Å². The highest BCUT2D eigenvalue weighted by molar-refractivity contribution is 5.50. The Labute approximate surface area is 119 Å². The fourth-order valence-corrected chi connectivity index (χ4v) is 2.54. The van der Waals surface area contributed by atoms with Gasteiger partial charge in [-0.25, -0.2) is 19.9 Å². The minimum atomic E-state index is 0.390. The van der Waals surface area contributed by atoms with Crippen molar-refractivity contribution in [3.8, 4) is 11.5 Å². The molecule has 0 aromatic carbocycles. The maximum atomic E-state index is 4.62. The molecular weight excluding hydrogens is 250 g/mol. The smallest absolute Gasteiger partial charge is 0.178 e. The van der Waals surface area contributed by atoms with E-state index in [4.69, 9.17) is 0 Å². The van der Waals surface area contributed by atoms with Gasteiger partial charge in [0.2, 0.25) is 0 Å². The average molecular weight is 271 g/mol. The molecule has 1 N–H and O–H groups in total. The first-order valence-corrected chi connectivity index (χ1v) is 6.82. The Balaban J connectivity index is 2.45. The van der Waals surface area contributed by atoms with Gasteiger partial charge in [0.15, 0.2) is 5.82 Å². The van der Waals surface area contributed by atoms with Crippen LogP contribution in [0.3, 0.4) is 0 Å². The number of likely N-dealkylation sites (N-methyl/N-ethyl adjacent to an activating group) is 1. The monoisotopic (exact) mass is 271 g/mol. The molecule has 0 spiro atoms. The molecule has 2 aromatic rings. The number of rotatable bonds is 4. The summed E-state index contributed by atoms with van der Waals surface area (Å²) < 4.78 is 0. The Morgan fingerprint density at radius 2 is 1.75 bits per heavy atom. The molecule has 5 nitrogen and oxygen atoms in total. The van der Waals surface area contributed by atoms with Crippen molar-refractivity contribution < 1.29 is 0 Å². The Bertz CT molecular complexity index is 586. The normalized spacial score (nSPS) is 12.4. The molecule has 0 saturated heterocycles. The Kier molecular flexibility index (Phi) is 4.39. The van der Waals surface area contributed by atoms with Crippen molar-refractivity contribution in [2.45, 2.75) is 33.6 Å². The summed E-state index contributed by atoms with van der Waals surface area (Å²) in [5.41, 5.74) is 4.03. The predicted octanol–water partition coefficient (Wildman–Crippen LogP) is 2.18. The Morgan fingerprint density at radius 1 is 1.10 bits per heavy atom. The van der Waals surface area contributed by atoms with Gasteiger partial charge in [-0.1, -0.05) is 6.92 Å². The molecule has 2 heterocycles. The summed E-state index contributed by atoms with van der Waals surface area (Å²) in [4.78, 5) is 17.7. The lowest BCUT2D eigenvalue weighted by atomic mass is 9.98. The zero-order chi connectivity index (χ0) is 14.7. The van der Waals surface area contributed by atoms with E-state index in [0.717, 1.165) is 29.5 Å². The van der Waals surface area contributed by atoms with Crippen LogP contribution in [0.4, 0.5) is 0 Å². The lowest BCUT2D eigenvalue weighted by Gasteiger charge is -2.16. The van der Waals surface area contributed by atoms with Gasteiger partial charge in [-0.05, 0) is 45.4 Å². The molecule has 2 aromatic heterocycles. The second kappa shape index (κ2) is 6.05. The summed E-state index contributed by atoms with van der Waals surface area (Å²) in [6, 6.07) is 1.85. The van der Waals surface area contributed by atoms with Gasteiger partial charge in [0, 0.05) is 24.1 Å². The summed E-state index contributed by atoms with van der Waals surface area (Å²) in [6.45, 7) is 9.04. The standard InChI is InChI=1S/C15H21N5/c1-9(8-16-5)14-10(2)18-15(19-11(14)3)13-6-7-17-12(4)20-13/h6-7,9,16H,8H2,1-5H3. The molecule has 0 aliphatic rings. The Morgan fingerprint density at radius 3 is 2.30 bits per heavy atom. The Hall–Kier alpha value is -1.88. The van der Waals surface area contributed by atoms with Crippen LogP contribution < -0.4 is 5.32 Å². The summed E-state index contributed by atoms with van der Waals surface area (Å²) in [7, 11) is 1.96. The third kappa shape index (κ3) is 2.99.